The van der Waals surface area contributed by atoms with Crippen molar-refractivity contribution in [2.75, 3.05) is 11.9 Å². The number of likely N-dealkylation sites (tertiary alicyclic amines) is 1. The van der Waals surface area contributed by atoms with Crippen LogP contribution in [0.2, 0.25) is 0 Å². The molecule has 0 bridgehead atoms. The largest absolute Gasteiger partial charge is 0.416 e. The second-order valence-electron chi connectivity index (χ2n) is 4.73. The van der Waals surface area contributed by atoms with Gasteiger partial charge in [0.1, 0.15) is 0 Å². The van der Waals surface area contributed by atoms with Crippen LogP contribution in [0, 0.1) is 6.92 Å². The molecule has 112 valence electrons. The number of anilines is 1. The number of aliphatic hydroxyl groups is 1. The first kappa shape index (κ1) is 15.1. The molecular formula is C12H15F3N2O2S. The summed E-state index contributed by atoms with van der Waals surface area (Å²) in [5.74, 6) is 0. The number of aryl methyl sites for hydroxylation is 1. The van der Waals surface area contributed by atoms with Crippen LogP contribution in [0.25, 0.3) is 0 Å². The topological polar surface area (TPSA) is 52.6 Å². The summed E-state index contributed by atoms with van der Waals surface area (Å²) in [4.78, 5) is 14.1. The second-order valence-corrected chi connectivity index (χ2v) is 6.02. The van der Waals surface area contributed by atoms with Crippen LogP contribution in [0.5, 0.6) is 0 Å². The van der Waals surface area contributed by atoms with E-state index in [0.29, 0.717) is 11.4 Å². The number of hydrogen-bond acceptors (Lipinski definition) is 3. The summed E-state index contributed by atoms with van der Waals surface area (Å²) < 4.78 is 37.7. The van der Waals surface area contributed by atoms with Gasteiger partial charge in [-0.2, -0.15) is 13.2 Å². The molecule has 2 heterocycles. The first-order valence-corrected chi connectivity index (χ1v) is 6.99. The van der Waals surface area contributed by atoms with Crippen LogP contribution in [0.3, 0.4) is 0 Å². The highest BCUT2D eigenvalue weighted by Gasteiger charge is 2.48. The van der Waals surface area contributed by atoms with Crippen molar-refractivity contribution < 1.29 is 23.1 Å². The molecule has 2 amide bonds. The molecule has 0 aliphatic carbocycles. The molecule has 0 saturated carbocycles. The van der Waals surface area contributed by atoms with Crippen LogP contribution < -0.4 is 5.32 Å². The van der Waals surface area contributed by atoms with Gasteiger partial charge in [-0.25, -0.2) is 4.79 Å². The highest BCUT2D eigenvalue weighted by atomic mass is 32.1. The molecular weight excluding hydrogens is 293 g/mol. The van der Waals surface area contributed by atoms with Crippen LogP contribution in [0.1, 0.15) is 17.7 Å². The first-order valence-electron chi connectivity index (χ1n) is 6.18. The van der Waals surface area contributed by atoms with E-state index in [1.165, 1.54) is 11.3 Å². The van der Waals surface area contributed by atoms with E-state index >= 15 is 0 Å². The van der Waals surface area contributed by atoms with Gasteiger partial charge in [-0.05, 0) is 31.9 Å². The van der Waals surface area contributed by atoms with Gasteiger partial charge in [-0.15, -0.1) is 11.3 Å². The van der Waals surface area contributed by atoms with Gasteiger partial charge in [0.05, 0.1) is 11.0 Å². The second kappa shape index (κ2) is 5.61. The summed E-state index contributed by atoms with van der Waals surface area (Å²) in [7, 11) is 0. The summed E-state index contributed by atoms with van der Waals surface area (Å²) in [5.41, 5.74) is 0. The Kier molecular flexibility index (Phi) is 4.24. The number of halogens is 3. The Balaban J connectivity index is 2.05. The molecule has 1 fully saturated rings. The van der Waals surface area contributed by atoms with Gasteiger partial charge in [0.25, 0.3) is 0 Å². The maximum atomic E-state index is 12.6. The standard InChI is InChI=1S/C12H15F3N2O2S/c1-7-4-5-9(20-7)16-11(19)17-6-2-3-8(17)10(18)12(13,14)15/h4-5,8,10,18H,2-3,6H2,1H3,(H,16,19)/t8-,10-/m0/s1. The lowest BCUT2D eigenvalue weighted by atomic mass is 10.1. The minimum Gasteiger partial charge on any atom is -0.382 e. The van der Waals surface area contributed by atoms with Crippen LogP contribution in [-0.4, -0.2) is 40.9 Å². The lowest BCUT2D eigenvalue weighted by Gasteiger charge is -2.29. The Morgan fingerprint density at radius 1 is 1.55 bits per heavy atom. The van der Waals surface area contributed by atoms with Crippen LogP contribution in [-0.2, 0) is 0 Å². The Bertz CT molecular complexity index is 489. The number of carbonyl (C=O) groups is 1. The highest BCUT2D eigenvalue weighted by molar-refractivity contribution is 7.16. The zero-order valence-electron chi connectivity index (χ0n) is 10.8. The third-order valence-electron chi connectivity index (χ3n) is 3.23. The van der Waals surface area contributed by atoms with Gasteiger partial charge in [0.15, 0.2) is 6.10 Å². The molecule has 2 rings (SSSR count). The van der Waals surface area contributed by atoms with Crippen molar-refractivity contribution in [1.82, 2.24) is 4.90 Å². The number of rotatable bonds is 2. The molecule has 4 nitrogen and oxygen atoms in total. The van der Waals surface area contributed by atoms with E-state index in [9.17, 15) is 23.1 Å². The number of nitrogens with one attached hydrogen (secondary N) is 1. The number of nitrogens with zero attached hydrogens (tertiary/aromatic N) is 1. The summed E-state index contributed by atoms with van der Waals surface area (Å²) in [5, 5.41) is 12.5. The molecule has 1 aliphatic rings. The SMILES string of the molecule is Cc1ccc(NC(=O)N2CCC[C@H]2[C@H](O)C(F)(F)F)s1. The fraction of sp³-hybridized carbons (Fsp3) is 0.583. The average Bonchev–Trinajstić information content (AvgIpc) is 2.95. The summed E-state index contributed by atoms with van der Waals surface area (Å²) in [6.07, 6.45) is -6.61. The number of amides is 2. The van der Waals surface area contributed by atoms with Crippen molar-refractivity contribution in [2.45, 2.75) is 38.1 Å². The maximum Gasteiger partial charge on any atom is 0.416 e. The molecule has 1 aromatic rings. The Morgan fingerprint density at radius 3 is 2.80 bits per heavy atom. The highest BCUT2D eigenvalue weighted by Crippen LogP contribution is 2.31. The lowest BCUT2D eigenvalue weighted by molar-refractivity contribution is -0.216. The minimum absolute atomic E-state index is 0.150. The van der Waals surface area contributed by atoms with Gasteiger partial charge < -0.3 is 10.0 Å². The van der Waals surface area contributed by atoms with E-state index in [4.69, 9.17) is 0 Å². The van der Waals surface area contributed by atoms with Crippen LogP contribution >= 0.6 is 11.3 Å². The Morgan fingerprint density at radius 2 is 2.25 bits per heavy atom. The monoisotopic (exact) mass is 308 g/mol. The van der Waals surface area contributed by atoms with Crippen molar-refractivity contribution in [3.05, 3.63) is 17.0 Å². The Labute approximate surface area is 118 Å². The molecule has 20 heavy (non-hydrogen) atoms. The molecule has 0 radical (unpaired) electrons. The van der Waals surface area contributed by atoms with E-state index in [1.807, 2.05) is 13.0 Å². The van der Waals surface area contributed by atoms with Gasteiger partial charge in [-0.3, -0.25) is 5.32 Å². The average molecular weight is 308 g/mol. The van der Waals surface area contributed by atoms with Gasteiger partial charge in [-0.1, -0.05) is 0 Å². The number of aliphatic hydroxyl groups excluding tert-OH is 1. The summed E-state index contributed by atoms with van der Waals surface area (Å²) >= 11 is 1.35. The normalized spacial score (nSPS) is 21.1. The van der Waals surface area contributed by atoms with Gasteiger partial charge >= 0.3 is 12.2 Å². The third-order valence-corrected chi connectivity index (χ3v) is 4.15. The predicted molar refractivity (Wildman–Crippen MR) is 69.9 cm³/mol. The van der Waals surface area contributed by atoms with Gasteiger partial charge in [0, 0.05) is 11.4 Å². The quantitative estimate of drug-likeness (QED) is 0.882. The predicted octanol–water partition coefficient (Wildman–Crippen LogP) is 2.98. The van der Waals surface area contributed by atoms with Crippen molar-refractivity contribution in [3.63, 3.8) is 0 Å². The molecule has 2 atom stereocenters. The van der Waals surface area contributed by atoms with Crippen molar-refractivity contribution in [1.29, 1.82) is 0 Å². The smallest absolute Gasteiger partial charge is 0.382 e. The molecule has 0 spiro atoms. The number of hydrogen-bond donors (Lipinski definition) is 2. The van der Waals surface area contributed by atoms with Crippen LogP contribution in [0.4, 0.5) is 23.0 Å². The molecule has 2 N–H and O–H groups in total. The van der Waals surface area contributed by atoms with E-state index in [1.54, 1.807) is 6.07 Å². The molecule has 1 saturated heterocycles. The molecule has 8 heteroatoms. The van der Waals surface area contributed by atoms with Crippen molar-refractivity contribution in [3.8, 4) is 0 Å². The minimum atomic E-state index is -4.72. The van der Waals surface area contributed by atoms with Crippen LogP contribution in [0.15, 0.2) is 12.1 Å². The Hall–Kier alpha value is -1.28. The van der Waals surface area contributed by atoms with E-state index in [2.05, 4.69) is 5.32 Å². The van der Waals surface area contributed by atoms with Crippen molar-refractivity contribution in [2.24, 2.45) is 0 Å². The van der Waals surface area contributed by atoms with E-state index in [0.717, 1.165) is 9.78 Å². The summed E-state index contributed by atoms with van der Waals surface area (Å²) in [6, 6.07) is 1.70. The summed E-state index contributed by atoms with van der Waals surface area (Å²) in [6.45, 7) is 2.08. The van der Waals surface area contributed by atoms with Crippen molar-refractivity contribution >= 4 is 22.4 Å². The fourth-order valence-electron chi connectivity index (χ4n) is 2.27. The lowest BCUT2D eigenvalue weighted by Crippen LogP contribution is -2.50. The molecule has 1 aromatic heterocycles. The van der Waals surface area contributed by atoms with Gasteiger partial charge in [0.2, 0.25) is 0 Å². The number of urea groups is 1. The third kappa shape index (κ3) is 3.24. The molecule has 0 unspecified atom stereocenters. The fourth-order valence-corrected chi connectivity index (χ4v) is 3.03. The zero-order chi connectivity index (χ0) is 14.9. The molecule has 0 aromatic carbocycles. The number of carbonyl (C=O) groups excluding carboxylic acids is 1. The first-order chi connectivity index (χ1) is 9.29. The number of alkyl halides is 3. The van der Waals surface area contributed by atoms with E-state index in [-0.39, 0.29) is 13.0 Å². The van der Waals surface area contributed by atoms with E-state index < -0.39 is 24.4 Å². The zero-order valence-corrected chi connectivity index (χ0v) is 11.6. The maximum absolute atomic E-state index is 12.6. The molecule has 1 aliphatic heterocycles. The number of thiophene rings is 1.